The number of rotatable bonds is 0. The highest BCUT2D eigenvalue weighted by Crippen LogP contribution is 2.73. The van der Waals surface area contributed by atoms with Crippen LogP contribution >= 0.6 is 0 Å². The molecule has 0 saturated heterocycles. The molecule has 0 heterocycles. The Bertz CT molecular complexity index is 322. The van der Waals surface area contributed by atoms with E-state index < -0.39 is 23.6 Å². The Morgan fingerprint density at radius 2 is 1.44 bits per heavy atom. The lowest BCUT2D eigenvalue weighted by Gasteiger charge is -2.43. The van der Waals surface area contributed by atoms with Crippen molar-refractivity contribution in [2.45, 2.75) is 37.5 Å². The fourth-order valence-corrected chi connectivity index (χ4v) is 5.47. The van der Waals surface area contributed by atoms with E-state index in [1.165, 1.54) is 0 Å². The number of hydrogen-bond donors (Lipinski definition) is 1. The van der Waals surface area contributed by atoms with Crippen molar-refractivity contribution < 1.29 is 18.3 Å². The SMILES string of the molecule is OC1(F)C2CC(C3C4CCC(C4)C32)C1(F)F. The predicted molar refractivity (Wildman–Crippen MR) is 50.4 cm³/mol. The van der Waals surface area contributed by atoms with Crippen molar-refractivity contribution in [3.8, 4) is 0 Å². The van der Waals surface area contributed by atoms with Gasteiger partial charge in [-0.1, -0.05) is 0 Å². The molecule has 0 radical (unpaired) electrons. The zero-order valence-electron chi connectivity index (χ0n) is 8.87. The summed E-state index contributed by atoms with van der Waals surface area (Å²) >= 11 is 0. The maximum atomic E-state index is 13.9. The van der Waals surface area contributed by atoms with E-state index >= 15 is 0 Å². The summed E-state index contributed by atoms with van der Waals surface area (Å²) in [7, 11) is 0. The van der Waals surface area contributed by atoms with Gasteiger partial charge in [0.15, 0.2) is 0 Å². The van der Waals surface area contributed by atoms with E-state index in [1.54, 1.807) is 0 Å². The number of hydrogen-bond acceptors (Lipinski definition) is 1. The van der Waals surface area contributed by atoms with Gasteiger partial charge >= 0.3 is 5.92 Å². The minimum Gasteiger partial charge on any atom is -0.357 e. The van der Waals surface area contributed by atoms with E-state index in [2.05, 4.69) is 0 Å². The molecule has 4 rings (SSSR count). The fraction of sp³-hybridized carbons (Fsp3) is 1.00. The largest absolute Gasteiger partial charge is 0.357 e. The standard InChI is InChI=1S/C12H15F3O/c13-11(14)7-4-8(12(11,15)16)10-6-2-1-5(3-6)9(7)10/h5-10,16H,1-4H2. The molecule has 90 valence electrons. The lowest BCUT2D eigenvalue weighted by molar-refractivity contribution is -0.298. The van der Waals surface area contributed by atoms with E-state index in [0.717, 1.165) is 19.3 Å². The topological polar surface area (TPSA) is 20.2 Å². The van der Waals surface area contributed by atoms with Crippen LogP contribution in [-0.2, 0) is 0 Å². The van der Waals surface area contributed by atoms with Crippen LogP contribution in [-0.4, -0.2) is 16.9 Å². The van der Waals surface area contributed by atoms with Gasteiger partial charge < -0.3 is 5.11 Å². The minimum absolute atomic E-state index is 0.00484. The second kappa shape index (κ2) is 2.45. The first-order chi connectivity index (χ1) is 7.44. The Kier molecular flexibility index (Phi) is 1.49. The van der Waals surface area contributed by atoms with Gasteiger partial charge in [-0.05, 0) is 49.4 Å². The average molecular weight is 232 g/mol. The summed E-state index contributed by atoms with van der Waals surface area (Å²) in [5.74, 6) is -7.61. The van der Waals surface area contributed by atoms with Gasteiger partial charge in [0.2, 0.25) is 0 Å². The van der Waals surface area contributed by atoms with Gasteiger partial charge in [-0.25, -0.2) is 4.39 Å². The third-order valence-electron chi connectivity index (χ3n) is 5.91. The summed E-state index contributed by atoms with van der Waals surface area (Å²) < 4.78 is 41.4. The van der Waals surface area contributed by atoms with Crippen LogP contribution in [0.1, 0.15) is 25.7 Å². The van der Waals surface area contributed by atoms with Crippen molar-refractivity contribution in [3.05, 3.63) is 0 Å². The summed E-state index contributed by atoms with van der Waals surface area (Å²) in [6, 6.07) is 0. The molecule has 0 aromatic carbocycles. The highest BCUT2D eigenvalue weighted by Gasteiger charge is 2.80. The van der Waals surface area contributed by atoms with Crippen molar-refractivity contribution in [1.82, 2.24) is 0 Å². The van der Waals surface area contributed by atoms with E-state index in [4.69, 9.17) is 0 Å². The Morgan fingerprint density at radius 1 is 0.875 bits per heavy atom. The molecular weight excluding hydrogens is 217 g/mol. The molecule has 4 bridgehead atoms. The smallest absolute Gasteiger partial charge is 0.308 e. The van der Waals surface area contributed by atoms with Crippen LogP contribution in [0.4, 0.5) is 13.2 Å². The van der Waals surface area contributed by atoms with Crippen LogP contribution in [0.25, 0.3) is 0 Å². The van der Waals surface area contributed by atoms with E-state index in [1.807, 2.05) is 0 Å². The molecule has 7 unspecified atom stereocenters. The van der Waals surface area contributed by atoms with Gasteiger partial charge in [-0.2, -0.15) is 8.78 Å². The van der Waals surface area contributed by atoms with Gasteiger partial charge in [0.1, 0.15) is 0 Å². The molecule has 0 amide bonds. The maximum absolute atomic E-state index is 13.9. The van der Waals surface area contributed by atoms with Crippen molar-refractivity contribution in [2.75, 3.05) is 0 Å². The number of halogens is 3. The van der Waals surface area contributed by atoms with Crippen LogP contribution in [0.15, 0.2) is 0 Å². The molecule has 1 N–H and O–H groups in total. The van der Waals surface area contributed by atoms with Crippen molar-refractivity contribution in [3.63, 3.8) is 0 Å². The molecular formula is C12H15F3O. The summed E-state index contributed by atoms with van der Waals surface area (Å²) in [6.07, 6.45) is 3.28. The Morgan fingerprint density at radius 3 is 2.06 bits per heavy atom. The summed E-state index contributed by atoms with van der Waals surface area (Å²) in [6.45, 7) is 0. The average Bonchev–Trinajstić information content (AvgIpc) is 2.89. The van der Waals surface area contributed by atoms with Gasteiger partial charge in [0.05, 0.1) is 0 Å². The molecule has 4 fully saturated rings. The van der Waals surface area contributed by atoms with Gasteiger partial charge in [0, 0.05) is 11.8 Å². The molecule has 4 aliphatic rings. The second-order valence-corrected chi connectivity index (χ2v) is 6.23. The normalized spacial score (nSPS) is 65.2. The molecule has 16 heavy (non-hydrogen) atoms. The number of aliphatic hydroxyl groups is 1. The first-order valence-corrected chi connectivity index (χ1v) is 6.23. The quantitative estimate of drug-likeness (QED) is 0.636. The maximum Gasteiger partial charge on any atom is 0.308 e. The molecule has 4 aliphatic carbocycles. The molecule has 0 aromatic rings. The van der Waals surface area contributed by atoms with Gasteiger partial charge in [-0.3, -0.25) is 0 Å². The summed E-state index contributed by atoms with van der Waals surface area (Å²) in [5.41, 5.74) is 0. The Hall–Kier alpha value is -0.250. The third kappa shape index (κ3) is 0.774. The molecule has 4 saturated carbocycles. The Labute approximate surface area is 92.0 Å². The van der Waals surface area contributed by atoms with Crippen LogP contribution in [0, 0.1) is 35.5 Å². The predicted octanol–water partition coefficient (Wildman–Crippen LogP) is 2.59. The molecule has 0 spiro atoms. The third-order valence-corrected chi connectivity index (χ3v) is 5.91. The summed E-state index contributed by atoms with van der Waals surface area (Å²) in [5, 5.41) is 9.47. The van der Waals surface area contributed by atoms with Crippen molar-refractivity contribution in [1.29, 1.82) is 0 Å². The van der Waals surface area contributed by atoms with E-state index in [0.29, 0.717) is 11.8 Å². The number of fused-ring (bicyclic) bond motifs is 9. The number of alkyl halides is 3. The molecule has 0 aromatic heterocycles. The van der Waals surface area contributed by atoms with Gasteiger partial charge in [0.25, 0.3) is 5.85 Å². The van der Waals surface area contributed by atoms with E-state index in [9.17, 15) is 18.3 Å². The highest BCUT2D eigenvalue weighted by atomic mass is 19.3. The van der Waals surface area contributed by atoms with E-state index in [-0.39, 0.29) is 18.3 Å². The van der Waals surface area contributed by atoms with Gasteiger partial charge in [-0.15, -0.1) is 0 Å². The summed E-state index contributed by atoms with van der Waals surface area (Å²) in [4.78, 5) is 0. The first kappa shape index (κ1) is 9.75. The van der Waals surface area contributed by atoms with Crippen molar-refractivity contribution in [2.24, 2.45) is 35.5 Å². The molecule has 1 nitrogen and oxygen atoms in total. The Balaban J connectivity index is 1.80. The monoisotopic (exact) mass is 232 g/mol. The minimum atomic E-state index is -3.51. The molecule has 4 heteroatoms. The highest BCUT2D eigenvalue weighted by molar-refractivity contribution is 5.19. The second-order valence-electron chi connectivity index (χ2n) is 6.23. The van der Waals surface area contributed by atoms with Crippen LogP contribution < -0.4 is 0 Å². The van der Waals surface area contributed by atoms with Crippen LogP contribution in [0.5, 0.6) is 0 Å². The molecule has 0 aliphatic heterocycles. The van der Waals surface area contributed by atoms with Crippen LogP contribution in [0.2, 0.25) is 0 Å². The first-order valence-electron chi connectivity index (χ1n) is 6.23. The lowest BCUT2D eigenvalue weighted by Crippen LogP contribution is -2.55. The zero-order chi connectivity index (χ0) is 11.3. The zero-order valence-corrected chi connectivity index (χ0v) is 8.87. The lowest BCUT2D eigenvalue weighted by atomic mass is 9.68. The van der Waals surface area contributed by atoms with Crippen LogP contribution in [0.3, 0.4) is 0 Å². The fourth-order valence-electron chi connectivity index (χ4n) is 5.47. The molecule has 7 atom stereocenters. The van der Waals surface area contributed by atoms with Crippen molar-refractivity contribution >= 4 is 0 Å².